The maximum absolute atomic E-state index is 13.1. The number of nitrogens with zero attached hydrogens (tertiary/aromatic N) is 2. The van der Waals surface area contributed by atoms with E-state index in [4.69, 9.17) is 15.6 Å². The molecule has 0 fully saturated rings. The summed E-state index contributed by atoms with van der Waals surface area (Å²) in [4.78, 5) is 41.2. The van der Waals surface area contributed by atoms with Crippen LogP contribution in [0.2, 0.25) is 0 Å². The molecule has 3 rings (SSSR count). The Bertz CT molecular complexity index is 1150. The summed E-state index contributed by atoms with van der Waals surface area (Å²) < 4.78 is 7.31. The van der Waals surface area contributed by atoms with Crippen molar-refractivity contribution in [1.29, 1.82) is 0 Å². The number of aromatic nitrogens is 2. The molecule has 3 N–H and O–H groups in total. The number of carboxylic acid groups (broad SMARTS) is 1. The molecular formula is C21H23N3O5S. The second-order valence-electron chi connectivity index (χ2n) is 6.87. The van der Waals surface area contributed by atoms with E-state index in [1.165, 1.54) is 12.1 Å². The molecule has 3 aromatic rings. The molecule has 9 heteroatoms. The average Bonchev–Trinajstić information content (AvgIpc) is 3.04. The van der Waals surface area contributed by atoms with Crippen LogP contribution in [0.5, 0.6) is 5.75 Å². The summed E-state index contributed by atoms with van der Waals surface area (Å²) in [5.74, 6) is -0.302. The molecule has 0 radical (unpaired) electrons. The van der Waals surface area contributed by atoms with E-state index >= 15 is 0 Å². The summed E-state index contributed by atoms with van der Waals surface area (Å²) in [5.41, 5.74) is 6.03. The van der Waals surface area contributed by atoms with Crippen molar-refractivity contribution in [1.82, 2.24) is 9.55 Å². The van der Waals surface area contributed by atoms with E-state index in [9.17, 15) is 14.4 Å². The molecule has 1 amide bonds. The van der Waals surface area contributed by atoms with Crippen LogP contribution in [0.25, 0.3) is 10.2 Å². The van der Waals surface area contributed by atoms with Crippen LogP contribution in [0.3, 0.4) is 0 Å². The van der Waals surface area contributed by atoms with Gasteiger partial charge in [0, 0.05) is 13.0 Å². The number of benzene rings is 1. The average molecular weight is 429 g/mol. The number of nitrogens with two attached hydrogens (primary N) is 1. The molecule has 0 aliphatic carbocycles. The van der Waals surface area contributed by atoms with Gasteiger partial charge in [-0.1, -0.05) is 6.92 Å². The van der Waals surface area contributed by atoms with Crippen LogP contribution in [-0.2, 0) is 13.0 Å². The number of primary amides is 1. The number of hydrogen-bond acceptors (Lipinski definition) is 6. The quantitative estimate of drug-likeness (QED) is 0.504. The van der Waals surface area contributed by atoms with Gasteiger partial charge in [0.2, 0.25) is 0 Å². The van der Waals surface area contributed by atoms with Gasteiger partial charge >= 0.3 is 5.97 Å². The highest BCUT2D eigenvalue weighted by atomic mass is 32.1. The van der Waals surface area contributed by atoms with Gasteiger partial charge in [0.1, 0.15) is 16.4 Å². The van der Waals surface area contributed by atoms with Crippen LogP contribution in [0, 0.1) is 6.92 Å². The van der Waals surface area contributed by atoms with Gasteiger partial charge in [0.05, 0.1) is 22.4 Å². The first kappa shape index (κ1) is 21.5. The summed E-state index contributed by atoms with van der Waals surface area (Å²) in [6, 6.07) is 6.17. The van der Waals surface area contributed by atoms with E-state index in [1.54, 1.807) is 23.6 Å². The van der Waals surface area contributed by atoms with Crippen molar-refractivity contribution in [2.45, 2.75) is 39.7 Å². The van der Waals surface area contributed by atoms with E-state index < -0.39 is 11.9 Å². The maximum Gasteiger partial charge on any atom is 0.335 e. The Balaban J connectivity index is 1.78. The third-order valence-electron chi connectivity index (χ3n) is 4.72. The zero-order valence-corrected chi connectivity index (χ0v) is 17.6. The van der Waals surface area contributed by atoms with E-state index in [1.807, 2.05) is 6.92 Å². The molecule has 158 valence electrons. The van der Waals surface area contributed by atoms with Crippen LogP contribution in [0.1, 0.15) is 51.2 Å². The van der Waals surface area contributed by atoms with Gasteiger partial charge < -0.3 is 15.6 Å². The Labute approximate surface area is 176 Å². The van der Waals surface area contributed by atoms with Gasteiger partial charge in [0.25, 0.3) is 11.5 Å². The second kappa shape index (κ2) is 9.08. The summed E-state index contributed by atoms with van der Waals surface area (Å²) >= 11 is 1.16. The first-order valence-corrected chi connectivity index (χ1v) is 10.4. The predicted octanol–water partition coefficient (Wildman–Crippen LogP) is 2.99. The predicted molar refractivity (Wildman–Crippen MR) is 115 cm³/mol. The zero-order valence-electron chi connectivity index (χ0n) is 16.8. The van der Waals surface area contributed by atoms with Crippen molar-refractivity contribution >= 4 is 33.4 Å². The fraction of sp³-hybridized carbons (Fsp3) is 0.333. The molecule has 8 nitrogen and oxygen atoms in total. The fourth-order valence-corrected chi connectivity index (χ4v) is 4.29. The number of hydrogen-bond donors (Lipinski definition) is 2. The van der Waals surface area contributed by atoms with Crippen LogP contribution < -0.4 is 16.0 Å². The third kappa shape index (κ3) is 4.35. The van der Waals surface area contributed by atoms with Gasteiger partial charge in [-0.3, -0.25) is 14.2 Å². The van der Waals surface area contributed by atoms with Crippen molar-refractivity contribution < 1.29 is 19.4 Å². The lowest BCUT2D eigenvalue weighted by Crippen LogP contribution is -2.26. The third-order valence-corrected chi connectivity index (χ3v) is 5.92. The Morgan fingerprint density at radius 2 is 1.97 bits per heavy atom. The first-order chi connectivity index (χ1) is 14.3. The lowest BCUT2D eigenvalue weighted by molar-refractivity contribution is 0.0696. The minimum Gasteiger partial charge on any atom is -0.494 e. The Hall–Kier alpha value is -3.20. The maximum atomic E-state index is 13.1. The molecule has 2 heterocycles. The lowest BCUT2D eigenvalue weighted by atomic mass is 10.2. The van der Waals surface area contributed by atoms with E-state index in [0.717, 1.165) is 17.8 Å². The van der Waals surface area contributed by atoms with E-state index in [0.29, 0.717) is 58.2 Å². The number of aryl methyl sites for hydroxylation is 2. The standard InChI is InChI=1S/C21H23N3O5S/c1-3-5-15-23-19-16(12(2)17(30-19)18(22)25)20(26)24(15)10-4-11-29-14-8-6-13(7-9-14)21(27)28/h6-9H,3-5,10-11H2,1-2H3,(H2,22,25)(H,27,28). The lowest BCUT2D eigenvalue weighted by Gasteiger charge is -2.13. The van der Waals surface area contributed by atoms with Gasteiger partial charge in [-0.15, -0.1) is 11.3 Å². The summed E-state index contributed by atoms with van der Waals surface area (Å²) in [5, 5.41) is 9.38. The van der Waals surface area contributed by atoms with Crippen molar-refractivity contribution in [3.8, 4) is 5.75 Å². The Morgan fingerprint density at radius 3 is 2.57 bits per heavy atom. The molecular weight excluding hydrogens is 406 g/mol. The molecule has 0 aliphatic rings. The normalized spacial score (nSPS) is 11.0. The molecule has 2 aromatic heterocycles. The van der Waals surface area contributed by atoms with Gasteiger partial charge in [-0.05, 0) is 49.6 Å². The number of ether oxygens (including phenoxy) is 1. The van der Waals surface area contributed by atoms with Crippen molar-refractivity contribution in [2.24, 2.45) is 5.73 Å². The molecule has 30 heavy (non-hydrogen) atoms. The van der Waals surface area contributed by atoms with Gasteiger partial charge in [0.15, 0.2) is 0 Å². The van der Waals surface area contributed by atoms with Gasteiger partial charge in [-0.25, -0.2) is 9.78 Å². The number of aromatic carboxylic acids is 1. The number of carbonyl (C=O) groups excluding carboxylic acids is 1. The number of rotatable bonds is 9. The SMILES string of the molecule is CCCc1nc2sc(C(N)=O)c(C)c2c(=O)n1CCCOc1ccc(C(=O)O)cc1. The molecule has 1 aromatic carbocycles. The van der Waals surface area contributed by atoms with E-state index in [-0.39, 0.29) is 11.1 Å². The highest BCUT2D eigenvalue weighted by Gasteiger charge is 2.20. The van der Waals surface area contributed by atoms with Crippen molar-refractivity contribution in [3.63, 3.8) is 0 Å². The number of thiophene rings is 1. The highest BCUT2D eigenvalue weighted by Crippen LogP contribution is 2.27. The van der Waals surface area contributed by atoms with Crippen molar-refractivity contribution in [3.05, 3.63) is 56.4 Å². The van der Waals surface area contributed by atoms with Crippen LogP contribution in [0.4, 0.5) is 0 Å². The smallest absolute Gasteiger partial charge is 0.335 e. The largest absolute Gasteiger partial charge is 0.494 e. The van der Waals surface area contributed by atoms with Crippen LogP contribution in [-0.4, -0.2) is 33.1 Å². The topological polar surface area (TPSA) is 125 Å². The molecule has 0 saturated heterocycles. The molecule has 0 unspecified atom stereocenters. The fourth-order valence-electron chi connectivity index (χ4n) is 3.25. The van der Waals surface area contributed by atoms with Gasteiger partial charge in [-0.2, -0.15) is 0 Å². The summed E-state index contributed by atoms with van der Waals surface area (Å²) in [6.07, 6.45) is 2.04. The molecule has 0 aliphatic heterocycles. The number of carbonyl (C=O) groups is 2. The van der Waals surface area contributed by atoms with Crippen LogP contribution in [0.15, 0.2) is 29.1 Å². The Morgan fingerprint density at radius 1 is 1.27 bits per heavy atom. The monoisotopic (exact) mass is 429 g/mol. The molecule has 0 atom stereocenters. The minimum atomic E-state index is -0.990. The highest BCUT2D eigenvalue weighted by molar-refractivity contribution is 7.20. The first-order valence-electron chi connectivity index (χ1n) is 9.62. The zero-order chi connectivity index (χ0) is 21.8. The molecule has 0 saturated carbocycles. The number of fused-ring (bicyclic) bond motifs is 1. The summed E-state index contributed by atoms with van der Waals surface area (Å²) in [6.45, 7) is 4.51. The van der Waals surface area contributed by atoms with E-state index in [2.05, 4.69) is 4.98 Å². The van der Waals surface area contributed by atoms with Crippen LogP contribution >= 0.6 is 11.3 Å². The minimum absolute atomic E-state index is 0.171. The van der Waals surface area contributed by atoms with Crippen molar-refractivity contribution in [2.75, 3.05) is 6.61 Å². The molecule has 0 bridgehead atoms. The number of carboxylic acids is 1. The molecule has 0 spiro atoms. The number of amides is 1. The Kier molecular flexibility index (Phi) is 6.51. The second-order valence-corrected chi connectivity index (χ2v) is 7.87. The summed E-state index contributed by atoms with van der Waals surface area (Å²) in [7, 11) is 0.